The number of aromatic amines is 1. The Balaban J connectivity index is 1.52. The molecule has 0 amide bonds. The summed E-state index contributed by atoms with van der Waals surface area (Å²) in [6.45, 7) is 5.32. The van der Waals surface area contributed by atoms with Crippen molar-refractivity contribution >= 4 is 16.6 Å². The first-order chi connectivity index (χ1) is 18.0. The van der Waals surface area contributed by atoms with Crippen LogP contribution in [0, 0.1) is 13.8 Å². The van der Waals surface area contributed by atoms with E-state index < -0.39 is 6.04 Å². The molecule has 1 atom stereocenters. The van der Waals surface area contributed by atoms with Crippen molar-refractivity contribution in [2.75, 3.05) is 18.6 Å². The molecule has 0 unspecified atom stereocenters. The van der Waals surface area contributed by atoms with Gasteiger partial charge in [-0.3, -0.25) is 4.79 Å². The minimum absolute atomic E-state index is 0.130. The standard InChI is InChI=1S/C29H28N6O2/c1-18-8-9-19(2)26-23(18)16-24(29(36)30-26)27(34-15-14-21-6-4-5-7-25(21)34)28-31-32-33-35(28)17-20-10-12-22(37-3)13-11-20/h4-13,16,27H,14-15,17H2,1-3H3,(H,30,36)/t27-/m1/s1. The number of nitrogens with one attached hydrogen (secondary N) is 1. The molecule has 8 heteroatoms. The largest absolute Gasteiger partial charge is 0.497 e. The molecule has 1 aliphatic rings. The van der Waals surface area contributed by atoms with E-state index in [1.165, 1.54) is 5.56 Å². The summed E-state index contributed by atoms with van der Waals surface area (Å²) in [5.74, 6) is 1.42. The van der Waals surface area contributed by atoms with E-state index in [-0.39, 0.29) is 5.56 Å². The molecule has 0 saturated heterocycles. The number of anilines is 1. The third-order valence-corrected chi connectivity index (χ3v) is 7.30. The molecule has 3 heterocycles. The van der Waals surface area contributed by atoms with E-state index in [0.29, 0.717) is 17.9 Å². The quantitative estimate of drug-likeness (QED) is 0.379. The monoisotopic (exact) mass is 492 g/mol. The zero-order valence-electron chi connectivity index (χ0n) is 21.1. The van der Waals surface area contributed by atoms with Gasteiger partial charge in [0.2, 0.25) is 0 Å². The van der Waals surface area contributed by atoms with E-state index in [1.54, 1.807) is 11.8 Å². The van der Waals surface area contributed by atoms with E-state index in [9.17, 15) is 4.79 Å². The average molecular weight is 493 g/mol. The van der Waals surface area contributed by atoms with Crippen LogP contribution in [-0.4, -0.2) is 38.8 Å². The van der Waals surface area contributed by atoms with Gasteiger partial charge in [-0.05, 0) is 77.2 Å². The number of pyridine rings is 1. The Bertz CT molecular complexity index is 1650. The van der Waals surface area contributed by atoms with Gasteiger partial charge in [-0.15, -0.1) is 5.10 Å². The molecular weight excluding hydrogens is 464 g/mol. The fraction of sp³-hybridized carbons (Fsp3) is 0.241. The second kappa shape index (κ2) is 9.20. The van der Waals surface area contributed by atoms with Crippen LogP contribution in [0.25, 0.3) is 10.9 Å². The molecule has 1 aliphatic heterocycles. The average Bonchev–Trinajstić information content (AvgIpc) is 3.55. The van der Waals surface area contributed by atoms with E-state index in [2.05, 4.69) is 56.6 Å². The molecule has 1 N–H and O–H groups in total. The molecule has 37 heavy (non-hydrogen) atoms. The van der Waals surface area contributed by atoms with E-state index in [4.69, 9.17) is 4.74 Å². The van der Waals surface area contributed by atoms with Crippen molar-refractivity contribution < 1.29 is 4.74 Å². The number of H-pyrrole nitrogens is 1. The van der Waals surface area contributed by atoms with Crippen molar-refractivity contribution in [3.63, 3.8) is 0 Å². The second-order valence-corrected chi connectivity index (χ2v) is 9.56. The van der Waals surface area contributed by atoms with Gasteiger partial charge in [0, 0.05) is 23.2 Å². The van der Waals surface area contributed by atoms with Gasteiger partial charge < -0.3 is 14.6 Å². The predicted molar refractivity (Wildman–Crippen MR) is 143 cm³/mol. The number of aromatic nitrogens is 5. The summed E-state index contributed by atoms with van der Waals surface area (Å²) in [5, 5.41) is 13.9. The van der Waals surface area contributed by atoms with Crippen molar-refractivity contribution in [1.29, 1.82) is 0 Å². The van der Waals surface area contributed by atoms with Gasteiger partial charge in [0.15, 0.2) is 5.82 Å². The number of fused-ring (bicyclic) bond motifs is 2. The van der Waals surface area contributed by atoms with E-state index in [1.807, 2.05) is 49.4 Å². The van der Waals surface area contributed by atoms with Crippen molar-refractivity contribution in [3.05, 3.63) is 111 Å². The first-order valence-electron chi connectivity index (χ1n) is 12.4. The minimum Gasteiger partial charge on any atom is -0.497 e. The lowest BCUT2D eigenvalue weighted by Gasteiger charge is -2.29. The number of benzene rings is 3. The summed E-state index contributed by atoms with van der Waals surface area (Å²) in [6.07, 6.45) is 0.899. The number of hydrogen-bond donors (Lipinski definition) is 1. The highest BCUT2D eigenvalue weighted by molar-refractivity contribution is 5.85. The lowest BCUT2D eigenvalue weighted by molar-refractivity contribution is 0.414. The number of methoxy groups -OCH3 is 1. The third kappa shape index (κ3) is 4.04. The van der Waals surface area contributed by atoms with Gasteiger partial charge in [0.25, 0.3) is 5.56 Å². The minimum atomic E-state index is -0.454. The lowest BCUT2D eigenvalue weighted by atomic mass is 9.99. The Morgan fingerprint density at radius 1 is 1.03 bits per heavy atom. The maximum Gasteiger partial charge on any atom is 0.254 e. The Kier molecular flexibility index (Phi) is 5.71. The van der Waals surface area contributed by atoms with Gasteiger partial charge in [-0.2, -0.15) is 0 Å². The second-order valence-electron chi connectivity index (χ2n) is 9.56. The molecular formula is C29H28N6O2. The highest BCUT2D eigenvalue weighted by Gasteiger charge is 2.34. The van der Waals surface area contributed by atoms with Crippen LogP contribution in [0.2, 0.25) is 0 Å². The fourth-order valence-corrected chi connectivity index (χ4v) is 5.30. The highest BCUT2D eigenvalue weighted by atomic mass is 16.5. The van der Waals surface area contributed by atoms with Gasteiger partial charge in [-0.1, -0.05) is 42.5 Å². The Morgan fingerprint density at radius 2 is 1.81 bits per heavy atom. The zero-order valence-corrected chi connectivity index (χ0v) is 21.1. The number of aryl methyl sites for hydroxylation is 2. The maximum atomic E-state index is 13.7. The van der Waals surface area contributed by atoms with Crippen LogP contribution < -0.4 is 15.2 Å². The van der Waals surface area contributed by atoms with Gasteiger partial charge in [0.1, 0.15) is 11.8 Å². The first-order valence-corrected chi connectivity index (χ1v) is 12.4. The van der Waals surface area contributed by atoms with Gasteiger partial charge >= 0.3 is 0 Å². The molecule has 0 saturated carbocycles. The molecule has 0 spiro atoms. The predicted octanol–water partition coefficient (Wildman–Crippen LogP) is 4.34. The normalized spacial score (nSPS) is 13.6. The van der Waals surface area contributed by atoms with Crippen molar-refractivity contribution in [2.24, 2.45) is 0 Å². The van der Waals surface area contributed by atoms with Crippen LogP contribution in [0.3, 0.4) is 0 Å². The number of ether oxygens (including phenoxy) is 1. The Hall–Kier alpha value is -4.46. The number of para-hydroxylation sites is 1. The maximum absolute atomic E-state index is 13.7. The zero-order chi connectivity index (χ0) is 25.5. The Morgan fingerprint density at radius 3 is 2.62 bits per heavy atom. The van der Waals surface area contributed by atoms with Crippen LogP contribution in [0.4, 0.5) is 5.69 Å². The molecule has 0 radical (unpaired) electrons. The van der Waals surface area contributed by atoms with Crippen LogP contribution in [0.15, 0.2) is 71.5 Å². The van der Waals surface area contributed by atoms with Gasteiger partial charge in [0.05, 0.1) is 19.2 Å². The SMILES string of the molecule is COc1ccc(Cn2nnnc2[C@@H](c2cc3c(C)ccc(C)c3[nH]c2=O)N2CCc3ccccc32)cc1. The van der Waals surface area contributed by atoms with Crippen LogP contribution in [0.1, 0.15) is 39.7 Å². The molecule has 5 aromatic rings. The topological polar surface area (TPSA) is 88.9 Å². The smallest absolute Gasteiger partial charge is 0.254 e. The van der Waals surface area contributed by atoms with Crippen molar-refractivity contribution in [1.82, 2.24) is 25.2 Å². The van der Waals surface area contributed by atoms with Crippen LogP contribution >= 0.6 is 0 Å². The molecule has 0 aliphatic carbocycles. The molecule has 2 aromatic heterocycles. The molecule has 8 nitrogen and oxygen atoms in total. The third-order valence-electron chi connectivity index (χ3n) is 7.30. The first kappa shape index (κ1) is 23.0. The molecule has 186 valence electrons. The van der Waals surface area contributed by atoms with Gasteiger partial charge in [-0.25, -0.2) is 4.68 Å². The van der Waals surface area contributed by atoms with Crippen LogP contribution in [0.5, 0.6) is 5.75 Å². The van der Waals surface area contributed by atoms with E-state index in [0.717, 1.165) is 52.0 Å². The summed E-state index contributed by atoms with van der Waals surface area (Å²) in [7, 11) is 1.65. The Labute approximate surface area is 214 Å². The fourth-order valence-electron chi connectivity index (χ4n) is 5.30. The molecule has 3 aromatic carbocycles. The number of tetrazole rings is 1. The summed E-state index contributed by atoms with van der Waals surface area (Å²) in [4.78, 5) is 19.1. The number of hydrogen-bond acceptors (Lipinski definition) is 6. The highest BCUT2D eigenvalue weighted by Crippen LogP contribution is 2.38. The van der Waals surface area contributed by atoms with Crippen LogP contribution in [-0.2, 0) is 13.0 Å². The summed E-state index contributed by atoms with van der Waals surface area (Å²) >= 11 is 0. The van der Waals surface area contributed by atoms with E-state index >= 15 is 0 Å². The molecule has 6 rings (SSSR count). The summed E-state index contributed by atoms with van der Waals surface area (Å²) in [6, 6.07) is 21.9. The van der Waals surface area contributed by atoms with Crippen molar-refractivity contribution in [3.8, 4) is 5.75 Å². The summed E-state index contributed by atoms with van der Waals surface area (Å²) in [5.41, 5.74) is 6.91. The number of rotatable bonds is 6. The summed E-state index contributed by atoms with van der Waals surface area (Å²) < 4.78 is 7.09. The molecule has 0 bridgehead atoms. The number of nitrogens with zero attached hydrogens (tertiary/aromatic N) is 5. The van der Waals surface area contributed by atoms with Crippen molar-refractivity contribution in [2.45, 2.75) is 32.9 Å². The lowest BCUT2D eigenvalue weighted by Crippen LogP contribution is -2.34. The molecule has 0 fully saturated rings.